The first-order valence-electron chi connectivity index (χ1n) is 8.14. The number of carbonyl (C=O) groups is 1. The van der Waals surface area contributed by atoms with Gasteiger partial charge in [-0.1, -0.05) is 0 Å². The summed E-state index contributed by atoms with van der Waals surface area (Å²) in [5.41, 5.74) is 0.485. The third-order valence-corrected chi connectivity index (χ3v) is 3.96. The molecular weight excluding hydrogens is 308 g/mol. The number of carbonyl (C=O) groups excluding carboxylic acids is 1. The van der Waals surface area contributed by atoms with Gasteiger partial charge in [-0.15, -0.1) is 0 Å². The molecule has 1 fully saturated rings. The Hall–Kier alpha value is -2.48. The zero-order chi connectivity index (χ0) is 16.9. The molecule has 0 bridgehead atoms. The molecule has 8 heteroatoms. The lowest BCUT2D eigenvalue weighted by Gasteiger charge is -2.34. The number of ether oxygens (including phenoxy) is 1. The van der Waals surface area contributed by atoms with E-state index in [0.29, 0.717) is 12.2 Å². The van der Waals surface area contributed by atoms with E-state index in [0.717, 1.165) is 50.2 Å². The van der Waals surface area contributed by atoms with Crippen LogP contribution < -0.4 is 4.90 Å². The van der Waals surface area contributed by atoms with Crippen LogP contribution >= 0.6 is 0 Å². The maximum absolute atomic E-state index is 11.7. The van der Waals surface area contributed by atoms with Crippen molar-refractivity contribution in [2.45, 2.75) is 20.4 Å². The van der Waals surface area contributed by atoms with Gasteiger partial charge in [0.2, 0.25) is 0 Å². The minimum absolute atomic E-state index is 0.330. The molecule has 1 aliphatic heterocycles. The highest BCUT2D eigenvalue weighted by molar-refractivity contribution is 5.89. The van der Waals surface area contributed by atoms with Crippen molar-refractivity contribution in [1.82, 2.24) is 25.1 Å². The van der Waals surface area contributed by atoms with E-state index in [4.69, 9.17) is 4.74 Å². The van der Waals surface area contributed by atoms with E-state index in [-0.39, 0.29) is 5.97 Å². The van der Waals surface area contributed by atoms with Gasteiger partial charge in [-0.3, -0.25) is 10.00 Å². The zero-order valence-corrected chi connectivity index (χ0v) is 14.0. The van der Waals surface area contributed by atoms with Crippen molar-refractivity contribution in [2.75, 3.05) is 37.7 Å². The molecule has 24 heavy (non-hydrogen) atoms. The SMILES string of the molecule is CCOC(=O)c1ccc(N2CCN(Cc3n[nH]c(C)n3)CC2)nc1. The summed E-state index contributed by atoms with van der Waals surface area (Å²) < 4.78 is 4.97. The average Bonchev–Trinajstić information content (AvgIpc) is 3.01. The lowest BCUT2D eigenvalue weighted by molar-refractivity contribution is 0.0526. The second-order valence-electron chi connectivity index (χ2n) is 5.73. The number of esters is 1. The van der Waals surface area contributed by atoms with Gasteiger partial charge >= 0.3 is 5.97 Å². The molecule has 0 aromatic carbocycles. The Balaban J connectivity index is 1.53. The lowest BCUT2D eigenvalue weighted by Crippen LogP contribution is -2.46. The first-order valence-corrected chi connectivity index (χ1v) is 8.14. The summed E-state index contributed by atoms with van der Waals surface area (Å²) in [5, 5.41) is 7.05. The van der Waals surface area contributed by atoms with Gasteiger partial charge < -0.3 is 9.64 Å². The summed E-state index contributed by atoms with van der Waals surface area (Å²) in [7, 11) is 0. The predicted molar refractivity (Wildman–Crippen MR) is 88.8 cm³/mol. The summed E-state index contributed by atoms with van der Waals surface area (Å²) in [6.45, 7) is 8.44. The van der Waals surface area contributed by atoms with Crippen molar-refractivity contribution in [1.29, 1.82) is 0 Å². The molecule has 0 saturated carbocycles. The van der Waals surface area contributed by atoms with E-state index in [1.54, 1.807) is 19.2 Å². The Bertz CT molecular complexity index is 676. The molecule has 0 amide bonds. The van der Waals surface area contributed by atoms with E-state index in [9.17, 15) is 4.79 Å². The first kappa shape index (κ1) is 16.4. The molecule has 0 unspecified atom stereocenters. The molecule has 2 aromatic rings. The van der Waals surface area contributed by atoms with Crippen molar-refractivity contribution in [3.05, 3.63) is 35.5 Å². The molecule has 3 rings (SSSR count). The van der Waals surface area contributed by atoms with Crippen LogP contribution in [0.5, 0.6) is 0 Å². The number of aryl methyl sites for hydroxylation is 1. The number of aromatic nitrogens is 4. The highest BCUT2D eigenvalue weighted by Gasteiger charge is 2.19. The summed E-state index contributed by atoms with van der Waals surface area (Å²) in [4.78, 5) is 24.9. The molecule has 0 atom stereocenters. The maximum atomic E-state index is 11.7. The van der Waals surface area contributed by atoms with Gasteiger partial charge in [0.25, 0.3) is 0 Å². The van der Waals surface area contributed by atoms with E-state index >= 15 is 0 Å². The van der Waals surface area contributed by atoms with Crippen molar-refractivity contribution in [2.24, 2.45) is 0 Å². The van der Waals surface area contributed by atoms with Gasteiger partial charge in [0.1, 0.15) is 11.6 Å². The average molecular weight is 330 g/mol. The molecule has 0 radical (unpaired) electrons. The molecule has 8 nitrogen and oxygen atoms in total. The minimum Gasteiger partial charge on any atom is -0.462 e. The molecule has 2 aromatic heterocycles. The Morgan fingerprint density at radius 1 is 1.29 bits per heavy atom. The molecular formula is C16H22N6O2. The second-order valence-corrected chi connectivity index (χ2v) is 5.73. The van der Waals surface area contributed by atoms with Crippen molar-refractivity contribution in [3.8, 4) is 0 Å². The fourth-order valence-corrected chi connectivity index (χ4v) is 2.70. The largest absolute Gasteiger partial charge is 0.462 e. The summed E-state index contributed by atoms with van der Waals surface area (Å²) in [6, 6.07) is 3.64. The van der Waals surface area contributed by atoms with Crippen LogP contribution in [0.3, 0.4) is 0 Å². The number of hydrogen-bond donors (Lipinski definition) is 1. The quantitative estimate of drug-likeness (QED) is 0.819. The number of hydrogen-bond acceptors (Lipinski definition) is 7. The number of pyridine rings is 1. The van der Waals surface area contributed by atoms with Gasteiger partial charge in [-0.05, 0) is 26.0 Å². The van der Waals surface area contributed by atoms with E-state index in [2.05, 4.69) is 30.0 Å². The van der Waals surface area contributed by atoms with Gasteiger partial charge in [-0.2, -0.15) is 5.10 Å². The first-order chi connectivity index (χ1) is 11.7. The van der Waals surface area contributed by atoms with Crippen LogP contribution in [0, 0.1) is 6.92 Å². The Labute approximate surface area is 140 Å². The standard InChI is InChI=1S/C16H22N6O2/c1-3-24-16(23)13-4-5-15(17-10-13)22-8-6-21(7-9-22)11-14-18-12(2)19-20-14/h4-5,10H,3,6-9,11H2,1-2H3,(H,18,19,20). The molecule has 1 N–H and O–H groups in total. The molecule has 3 heterocycles. The summed E-state index contributed by atoms with van der Waals surface area (Å²) in [6.07, 6.45) is 1.58. The van der Waals surface area contributed by atoms with Gasteiger partial charge in [0, 0.05) is 32.4 Å². The Kier molecular flexibility index (Phi) is 5.05. The maximum Gasteiger partial charge on any atom is 0.339 e. The lowest BCUT2D eigenvalue weighted by atomic mass is 10.2. The molecule has 1 saturated heterocycles. The summed E-state index contributed by atoms with van der Waals surface area (Å²) >= 11 is 0. The predicted octanol–water partition coefficient (Wildman–Crippen LogP) is 1.01. The number of aromatic amines is 1. The van der Waals surface area contributed by atoms with Crippen LogP contribution in [0.15, 0.2) is 18.3 Å². The highest BCUT2D eigenvalue weighted by atomic mass is 16.5. The van der Waals surface area contributed by atoms with Crippen molar-refractivity contribution in [3.63, 3.8) is 0 Å². The van der Waals surface area contributed by atoms with E-state index in [1.165, 1.54) is 0 Å². The molecule has 1 aliphatic rings. The smallest absolute Gasteiger partial charge is 0.339 e. The normalized spacial score (nSPS) is 15.5. The van der Waals surface area contributed by atoms with Crippen LogP contribution in [0.4, 0.5) is 5.82 Å². The topological polar surface area (TPSA) is 87.2 Å². The number of H-pyrrole nitrogens is 1. The molecule has 128 valence electrons. The number of piperazine rings is 1. The zero-order valence-electron chi connectivity index (χ0n) is 14.0. The van der Waals surface area contributed by atoms with Crippen LogP contribution in [0.2, 0.25) is 0 Å². The minimum atomic E-state index is -0.330. The monoisotopic (exact) mass is 330 g/mol. The third kappa shape index (κ3) is 3.88. The van der Waals surface area contributed by atoms with Gasteiger partial charge in [-0.25, -0.2) is 14.8 Å². The van der Waals surface area contributed by atoms with E-state index < -0.39 is 0 Å². The van der Waals surface area contributed by atoms with Crippen molar-refractivity contribution >= 4 is 11.8 Å². The van der Waals surface area contributed by atoms with Crippen LogP contribution in [-0.4, -0.2) is 63.8 Å². The summed E-state index contributed by atoms with van der Waals surface area (Å²) in [5.74, 6) is 2.23. The van der Waals surface area contributed by atoms with Gasteiger partial charge in [0.15, 0.2) is 5.82 Å². The van der Waals surface area contributed by atoms with Crippen LogP contribution in [0.1, 0.15) is 28.9 Å². The second kappa shape index (κ2) is 7.39. The molecule has 0 aliphatic carbocycles. The Morgan fingerprint density at radius 2 is 2.08 bits per heavy atom. The fourth-order valence-electron chi connectivity index (χ4n) is 2.70. The number of nitrogens with one attached hydrogen (secondary N) is 1. The number of nitrogens with zero attached hydrogens (tertiary/aromatic N) is 5. The van der Waals surface area contributed by atoms with Gasteiger partial charge in [0.05, 0.1) is 18.7 Å². The Morgan fingerprint density at radius 3 is 2.67 bits per heavy atom. The third-order valence-electron chi connectivity index (χ3n) is 3.96. The fraction of sp³-hybridized carbons (Fsp3) is 0.500. The van der Waals surface area contributed by atoms with Crippen LogP contribution in [-0.2, 0) is 11.3 Å². The number of rotatable bonds is 5. The number of anilines is 1. The van der Waals surface area contributed by atoms with Crippen LogP contribution in [0.25, 0.3) is 0 Å². The van der Waals surface area contributed by atoms with E-state index in [1.807, 2.05) is 13.0 Å². The molecule has 0 spiro atoms. The van der Waals surface area contributed by atoms with Crippen molar-refractivity contribution < 1.29 is 9.53 Å². The highest BCUT2D eigenvalue weighted by Crippen LogP contribution is 2.15.